The van der Waals surface area contributed by atoms with Crippen LogP contribution in [0.15, 0.2) is 15.4 Å². The third kappa shape index (κ3) is 11.3. The minimum Gasteiger partial charge on any atom is -0.465 e. The van der Waals surface area contributed by atoms with Gasteiger partial charge in [-0.1, -0.05) is 7.43 Å². The number of hydrogen-bond acceptors (Lipinski definition) is 7. The quantitative estimate of drug-likeness (QED) is 0.446. The Bertz CT molecular complexity index is 518. The predicted octanol–water partition coefficient (Wildman–Crippen LogP) is 3.94. The van der Waals surface area contributed by atoms with Gasteiger partial charge in [-0.05, 0) is 64.5 Å². The highest BCUT2D eigenvalue weighted by atomic mass is 79.9. The van der Waals surface area contributed by atoms with E-state index < -0.39 is 0 Å². The number of nitrogens with two attached hydrogens (primary N) is 1. The first kappa shape index (κ1) is 27.7. The first-order chi connectivity index (χ1) is 11.5. The van der Waals surface area contributed by atoms with Crippen molar-refractivity contribution in [2.45, 2.75) is 52.2 Å². The molecule has 2 rings (SSSR count). The Hall–Kier alpha value is -0.480. The molecule has 1 heterocycles. The number of carbonyl (C=O) groups excluding carboxylic acids is 1. The zero-order chi connectivity index (χ0) is 17.9. The van der Waals surface area contributed by atoms with E-state index in [1.54, 1.807) is 14.0 Å². The van der Waals surface area contributed by atoms with Crippen LogP contribution in [0, 0.1) is 0 Å². The van der Waals surface area contributed by atoms with E-state index in [4.69, 9.17) is 15.2 Å². The van der Waals surface area contributed by atoms with Crippen LogP contribution in [0.25, 0.3) is 0 Å². The van der Waals surface area contributed by atoms with Crippen molar-refractivity contribution in [3.63, 3.8) is 0 Å². The molecule has 0 atom stereocenters. The fourth-order valence-electron chi connectivity index (χ4n) is 2.16. The Balaban J connectivity index is 0. The molecule has 1 aliphatic rings. The number of carbonyl (C=O) groups is 1. The maximum atomic E-state index is 11.0. The van der Waals surface area contributed by atoms with Gasteiger partial charge in [0.15, 0.2) is 5.82 Å². The molecule has 0 saturated heterocycles. The third-order valence-electron chi connectivity index (χ3n) is 3.46. The molecule has 3 N–H and O–H groups in total. The van der Waals surface area contributed by atoms with Crippen LogP contribution in [0.1, 0.15) is 40.0 Å². The van der Waals surface area contributed by atoms with Crippen LogP contribution in [-0.2, 0) is 14.3 Å². The largest absolute Gasteiger partial charge is 0.465 e. The SMILES string of the molecule is C.CCO[13C](=O)[13CH2]Nc1ncc(Br)nc1Br.COC1CCC(N)CC1.Cl. The molecule has 0 aliphatic heterocycles. The maximum Gasteiger partial charge on any atom is 0.325 e. The van der Waals surface area contributed by atoms with Crippen molar-refractivity contribution in [2.24, 2.45) is 5.73 Å². The standard InChI is InChI=1S/C8H9Br2N3O2.C7H15NO.CH4.ClH/c1-2-15-6(14)4-12-8-7(10)13-5(9)3-11-8;1-9-7-4-2-6(8)3-5-7;;/h3H,2,4H2,1H3,(H,11,12);6-7H,2-5,8H2,1H3;1H4;1H/i4+1,6+1;;;. The van der Waals surface area contributed by atoms with Gasteiger partial charge in [0.1, 0.15) is 15.8 Å². The molecule has 0 amide bonds. The Morgan fingerprint density at radius 1 is 1.35 bits per heavy atom. The second kappa shape index (κ2) is 15.6. The first-order valence-corrected chi connectivity index (χ1v) is 9.40. The molecule has 0 spiro atoms. The van der Waals surface area contributed by atoms with Crippen molar-refractivity contribution in [1.82, 2.24) is 9.97 Å². The van der Waals surface area contributed by atoms with Crippen LogP contribution in [0.3, 0.4) is 0 Å². The molecular formula is C16H29Br2ClN4O3. The highest BCUT2D eigenvalue weighted by Gasteiger charge is 2.16. The van der Waals surface area contributed by atoms with Gasteiger partial charge in [-0.15, -0.1) is 12.4 Å². The third-order valence-corrected chi connectivity index (χ3v) is 4.39. The minimum absolute atomic E-state index is 0. The van der Waals surface area contributed by atoms with Gasteiger partial charge in [-0.3, -0.25) is 4.79 Å². The van der Waals surface area contributed by atoms with Crippen molar-refractivity contribution < 1.29 is 14.3 Å². The smallest absolute Gasteiger partial charge is 0.325 e. The number of anilines is 1. The topological polar surface area (TPSA) is 99.4 Å². The zero-order valence-electron chi connectivity index (χ0n) is 14.3. The lowest BCUT2D eigenvalue weighted by atomic mass is 9.94. The van der Waals surface area contributed by atoms with E-state index in [0.29, 0.717) is 33.8 Å². The van der Waals surface area contributed by atoms with Crippen molar-refractivity contribution in [3.05, 3.63) is 15.4 Å². The van der Waals surface area contributed by atoms with Gasteiger partial charge in [-0.2, -0.15) is 0 Å². The molecule has 26 heavy (non-hydrogen) atoms. The van der Waals surface area contributed by atoms with E-state index in [2.05, 4.69) is 47.1 Å². The number of methoxy groups -OCH3 is 1. The summed E-state index contributed by atoms with van der Waals surface area (Å²) in [7, 11) is 1.78. The summed E-state index contributed by atoms with van der Waals surface area (Å²) in [6.45, 7) is 2.20. The number of rotatable bonds is 5. The monoisotopic (exact) mass is 520 g/mol. The van der Waals surface area contributed by atoms with Crippen LogP contribution in [0.4, 0.5) is 5.82 Å². The lowest BCUT2D eigenvalue weighted by molar-refractivity contribution is -0.140. The molecule has 1 fully saturated rings. The van der Waals surface area contributed by atoms with Gasteiger partial charge >= 0.3 is 5.97 Å². The highest BCUT2D eigenvalue weighted by molar-refractivity contribution is 9.11. The molecule has 7 nitrogen and oxygen atoms in total. The number of hydrogen-bond donors (Lipinski definition) is 2. The van der Waals surface area contributed by atoms with Gasteiger partial charge < -0.3 is 20.5 Å². The second-order valence-electron chi connectivity index (χ2n) is 5.26. The number of ether oxygens (including phenoxy) is 2. The zero-order valence-corrected chi connectivity index (χ0v) is 18.3. The molecule has 1 saturated carbocycles. The normalized spacial score (nSPS) is 18.3. The number of nitrogens with zero attached hydrogens (tertiary/aromatic N) is 2. The summed E-state index contributed by atoms with van der Waals surface area (Å²) in [5.74, 6) is 0.181. The van der Waals surface area contributed by atoms with Crippen LogP contribution >= 0.6 is 44.3 Å². The van der Waals surface area contributed by atoms with Gasteiger partial charge in [0.2, 0.25) is 0 Å². The summed E-state index contributed by atoms with van der Waals surface area (Å²) in [6.07, 6.45) is 6.61. The maximum absolute atomic E-state index is 11.0. The first-order valence-electron chi connectivity index (χ1n) is 7.82. The molecule has 0 radical (unpaired) electrons. The van der Waals surface area contributed by atoms with Crippen LogP contribution in [0.2, 0.25) is 0 Å². The molecule has 10 heteroatoms. The summed E-state index contributed by atoms with van der Waals surface area (Å²) < 4.78 is 11.1. The van der Waals surface area contributed by atoms with E-state index in [9.17, 15) is 4.79 Å². The van der Waals surface area contributed by atoms with Crippen LogP contribution < -0.4 is 11.1 Å². The van der Waals surface area contributed by atoms with E-state index in [1.165, 1.54) is 6.20 Å². The van der Waals surface area contributed by atoms with Gasteiger partial charge in [0, 0.05) is 13.2 Å². The Morgan fingerprint density at radius 2 is 1.96 bits per heavy atom. The van der Waals surface area contributed by atoms with Gasteiger partial charge in [-0.25, -0.2) is 9.97 Å². The Morgan fingerprint density at radius 3 is 2.46 bits per heavy atom. The van der Waals surface area contributed by atoms with Crippen molar-refractivity contribution in [3.8, 4) is 0 Å². The Kier molecular flexibility index (Phi) is 16.6. The van der Waals surface area contributed by atoms with E-state index in [0.717, 1.165) is 25.7 Å². The van der Waals surface area contributed by atoms with Gasteiger partial charge in [0.25, 0.3) is 0 Å². The van der Waals surface area contributed by atoms with Crippen molar-refractivity contribution in [1.29, 1.82) is 0 Å². The number of halogens is 3. The molecule has 152 valence electrons. The summed E-state index contributed by atoms with van der Waals surface area (Å²) in [4.78, 5) is 19.1. The van der Waals surface area contributed by atoms with E-state index in [-0.39, 0.29) is 32.3 Å². The summed E-state index contributed by atoms with van der Waals surface area (Å²) in [5.41, 5.74) is 5.70. The molecular weight excluding hydrogens is 493 g/mol. The van der Waals surface area contributed by atoms with Crippen molar-refractivity contribution in [2.75, 3.05) is 25.6 Å². The summed E-state index contributed by atoms with van der Waals surface area (Å²) >= 11 is 6.40. The molecule has 0 aromatic carbocycles. The van der Waals surface area contributed by atoms with Crippen molar-refractivity contribution >= 4 is 56.1 Å². The molecule has 0 unspecified atom stereocenters. The highest BCUT2D eigenvalue weighted by Crippen LogP contribution is 2.19. The summed E-state index contributed by atoms with van der Waals surface area (Å²) in [5, 5.41) is 2.81. The fraction of sp³-hybridized carbons (Fsp3) is 0.688. The lowest BCUT2D eigenvalue weighted by Crippen LogP contribution is -2.29. The number of esters is 1. The van der Waals surface area contributed by atoms with E-state index in [1.807, 2.05) is 0 Å². The number of nitrogens with one attached hydrogen (secondary N) is 1. The second-order valence-corrected chi connectivity index (χ2v) is 6.83. The molecule has 1 aliphatic carbocycles. The fourth-order valence-corrected chi connectivity index (χ4v) is 3.11. The summed E-state index contributed by atoms with van der Waals surface area (Å²) in [6, 6.07) is 0.441. The predicted molar refractivity (Wildman–Crippen MR) is 114 cm³/mol. The van der Waals surface area contributed by atoms with Gasteiger partial charge in [0.05, 0.1) is 18.9 Å². The lowest BCUT2D eigenvalue weighted by Gasteiger charge is -2.24. The number of aromatic nitrogens is 2. The molecule has 1 aromatic rings. The molecule has 1 aromatic heterocycles. The van der Waals surface area contributed by atoms with E-state index >= 15 is 0 Å². The van der Waals surface area contributed by atoms with Crippen LogP contribution in [0.5, 0.6) is 0 Å². The van der Waals surface area contributed by atoms with Crippen LogP contribution in [-0.4, -0.2) is 48.3 Å². The average Bonchev–Trinajstić information content (AvgIpc) is 2.56. The Labute approximate surface area is 178 Å². The molecule has 0 bridgehead atoms. The minimum atomic E-state index is -0.325. The average molecular weight is 523 g/mol.